The van der Waals surface area contributed by atoms with Crippen molar-refractivity contribution in [2.75, 3.05) is 11.0 Å². The Kier molecular flexibility index (Phi) is 2.87. The number of aromatic nitrogens is 4. The first-order chi connectivity index (χ1) is 9.51. The third-order valence-electron chi connectivity index (χ3n) is 2.64. The van der Waals surface area contributed by atoms with Crippen molar-refractivity contribution >= 4 is 26.7 Å². The second-order valence-corrected chi connectivity index (χ2v) is 6.07. The minimum atomic E-state index is -3.27. The predicted octanol–water partition coefficient (Wildman–Crippen LogP) is 1.39. The van der Waals surface area contributed by atoms with Crippen molar-refractivity contribution in [3.8, 4) is 11.4 Å². The number of sulfonamides is 1. The van der Waals surface area contributed by atoms with Gasteiger partial charge in [-0.2, -0.15) is 5.10 Å². The van der Waals surface area contributed by atoms with Crippen LogP contribution in [0, 0.1) is 0 Å². The molecular formula is C12H11N5O2S. The molecular weight excluding hydrogens is 278 g/mol. The molecule has 0 amide bonds. The van der Waals surface area contributed by atoms with Crippen LogP contribution in [0.4, 0.5) is 5.69 Å². The van der Waals surface area contributed by atoms with E-state index in [0.29, 0.717) is 17.2 Å². The first-order valence-electron chi connectivity index (χ1n) is 5.76. The number of benzene rings is 1. The van der Waals surface area contributed by atoms with Crippen LogP contribution in [-0.4, -0.2) is 34.8 Å². The molecule has 0 unspecified atom stereocenters. The molecule has 2 aromatic heterocycles. The maximum Gasteiger partial charge on any atom is 0.229 e. The van der Waals surface area contributed by atoms with Gasteiger partial charge in [0, 0.05) is 17.4 Å². The van der Waals surface area contributed by atoms with Gasteiger partial charge in [0.15, 0.2) is 11.5 Å². The molecule has 0 aliphatic heterocycles. The van der Waals surface area contributed by atoms with E-state index >= 15 is 0 Å². The van der Waals surface area contributed by atoms with Crippen LogP contribution in [0.2, 0.25) is 0 Å². The van der Waals surface area contributed by atoms with Crippen LogP contribution in [0.5, 0.6) is 0 Å². The van der Waals surface area contributed by atoms with E-state index in [1.807, 2.05) is 0 Å². The fourth-order valence-electron chi connectivity index (χ4n) is 1.78. The van der Waals surface area contributed by atoms with Gasteiger partial charge in [0.25, 0.3) is 0 Å². The molecule has 20 heavy (non-hydrogen) atoms. The zero-order chi connectivity index (χ0) is 14.2. The van der Waals surface area contributed by atoms with Gasteiger partial charge in [-0.3, -0.25) is 9.82 Å². The van der Waals surface area contributed by atoms with Gasteiger partial charge in [-0.25, -0.2) is 18.4 Å². The summed E-state index contributed by atoms with van der Waals surface area (Å²) in [4.78, 5) is 8.59. The van der Waals surface area contributed by atoms with Gasteiger partial charge in [0.1, 0.15) is 0 Å². The number of rotatable bonds is 3. The first kappa shape index (κ1) is 12.5. The third-order valence-corrected chi connectivity index (χ3v) is 3.24. The zero-order valence-corrected chi connectivity index (χ0v) is 11.3. The Morgan fingerprint density at radius 1 is 1.15 bits per heavy atom. The molecule has 102 valence electrons. The minimum Gasteiger partial charge on any atom is -0.284 e. The van der Waals surface area contributed by atoms with Crippen LogP contribution >= 0.6 is 0 Å². The maximum absolute atomic E-state index is 11.1. The lowest BCUT2D eigenvalue weighted by molar-refractivity contribution is 0.607. The normalized spacial score (nSPS) is 11.7. The Hall–Kier alpha value is -2.48. The highest BCUT2D eigenvalue weighted by Gasteiger charge is 2.06. The summed E-state index contributed by atoms with van der Waals surface area (Å²) >= 11 is 0. The molecule has 1 aromatic carbocycles. The number of aromatic amines is 1. The highest BCUT2D eigenvalue weighted by Crippen LogP contribution is 2.19. The smallest absolute Gasteiger partial charge is 0.229 e. The third kappa shape index (κ3) is 2.59. The Bertz CT molecular complexity index is 855. The van der Waals surface area contributed by atoms with Gasteiger partial charge in [0.05, 0.1) is 17.8 Å². The molecule has 0 radical (unpaired) electrons. The summed E-state index contributed by atoms with van der Waals surface area (Å²) in [5.74, 6) is 0.549. The number of hydrogen-bond acceptors (Lipinski definition) is 5. The Morgan fingerprint density at radius 3 is 2.60 bits per heavy atom. The van der Waals surface area contributed by atoms with Crippen molar-refractivity contribution in [3.63, 3.8) is 0 Å². The van der Waals surface area contributed by atoms with Gasteiger partial charge in [-0.1, -0.05) is 0 Å². The molecule has 0 fully saturated rings. The van der Waals surface area contributed by atoms with Crippen molar-refractivity contribution in [2.24, 2.45) is 0 Å². The molecule has 3 rings (SSSR count). The van der Waals surface area contributed by atoms with Crippen molar-refractivity contribution in [2.45, 2.75) is 0 Å². The predicted molar refractivity (Wildman–Crippen MR) is 75.6 cm³/mol. The molecule has 8 heteroatoms. The minimum absolute atomic E-state index is 0.499. The summed E-state index contributed by atoms with van der Waals surface area (Å²) in [6.45, 7) is 0. The largest absolute Gasteiger partial charge is 0.284 e. The van der Waals surface area contributed by atoms with Crippen LogP contribution in [-0.2, 0) is 10.0 Å². The molecule has 0 spiro atoms. The van der Waals surface area contributed by atoms with Crippen molar-refractivity contribution in [1.29, 1.82) is 0 Å². The second kappa shape index (κ2) is 4.57. The summed E-state index contributed by atoms with van der Waals surface area (Å²) in [5, 5.41) is 7.50. The number of nitrogens with one attached hydrogen (secondary N) is 2. The molecule has 7 nitrogen and oxygen atoms in total. The van der Waals surface area contributed by atoms with Gasteiger partial charge in [0.2, 0.25) is 10.0 Å². The molecule has 0 aliphatic carbocycles. The van der Waals surface area contributed by atoms with Gasteiger partial charge in [-0.05, 0) is 24.3 Å². The summed E-state index contributed by atoms with van der Waals surface area (Å²) in [6, 6.07) is 6.84. The van der Waals surface area contributed by atoms with E-state index in [1.54, 1.807) is 36.7 Å². The standard InChI is InChI=1S/C12H11N5O2S/c1-20(18,19)17-10-4-2-8(3-5-10)11-13-6-9-7-14-16-12(9)15-11/h2-7,17H,1H3,(H,13,14,15,16). The average Bonchev–Trinajstić information content (AvgIpc) is 2.85. The van der Waals surface area contributed by atoms with E-state index < -0.39 is 10.0 Å². The molecule has 0 bridgehead atoms. The van der Waals surface area contributed by atoms with Crippen molar-refractivity contribution < 1.29 is 8.42 Å². The van der Waals surface area contributed by atoms with E-state index in [9.17, 15) is 8.42 Å². The molecule has 3 aromatic rings. The molecule has 0 aliphatic rings. The quantitative estimate of drug-likeness (QED) is 0.759. The second-order valence-electron chi connectivity index (χ2n) is 4.32. The van der Waals surface area contributed by atoms with E-state index in [0.717, 1.165) is 17.2 Å². The lowest BCUT2D eigenvalue weighted by atomic mass is 10.2. The zero-order valence-electron chi connectivity index (χ0n) is 10.5. The summed E-state index contributed by atoms with van der Waals surface area (Å²) in [5.41, 5.74) is 1.95. The summed E-state index contributed by atoms with van der Waals surface area (Å²) in [6.07, 6.45) is 4.44. The van der Waals surface area contributed by atoms with Gasteiger partial charge >= 0.3 is 0 Å². The number of nitrogens with zero attached hydrogens (tertiary/aromatic N) is 3. The maximum atomic E-state index is 11.1. The SMILES string of the molecule is CS(=O)(=O)Nc1ccc(-c2ncc3cn[nH]c3n2)cc1. The monoisotopic (exact) mass is 289 g/mol. The molecule has 0 atom stereocenters. The van der Waals surface area contributed by atoms with Crippen LogP contribution in [0.15, 0.2) is 36.7 Å². The van der Waals surface area contributed by atoms with Crippen molar-refractivity contribution in [1.82, 2.24) is 20.2 Å². The average molecular weight is 289 g/mol. The highest BCUT2D eigenvalue weighted by molar-refractivity contribution is 7.92. The molecule has 2 N–H and O–H groups in total. The van der Waals surface area contributed by atoms with Crippen LogP contribution in [0.25, 0.3) is 22.4 Å². The Morgan fingerprint density at radius 2 is 1.90 bits per heavy atom. The number of hydrogen-bond donors (Lipinski definition) is 2. The van der Waals surface area contributed by atoms with Gasteiger partial charge in [-0.15, -0.1) is 0 Å². The Balaban J connectivity index is 1.94. The Labute approximate surface area is 115 Å². The van der Waals surface area contributed by atoms with E-state index in [2.05, 4.69) is 24.9 Å². The lowest BCUT2D eigenvalue weighted by Crippen LogP contribution is -2.09. The number of anilines is 1. The molecule has 0 saturated carbocycles. The molecule has 2 heterocycles. The molecule has 0 saturated heterocycles. The number of fused-ring (bicyclic) bond motifs is 1. The van der Waals surface area contributed by atoms with E-state index in [4.69, 9.17) is 0 Å². The number of H-pyrrole nitrogens is 1. The van der Waals surface area contributed by atoms with Crippen LogP contribution in [0.3, 0.4) is 0 Å². The fraction of sp³-hybridized carbons (Fsp3) is 0.0833. The summed E-state index contributed by atoms with van der Waals surface area (Å²) in [7, 11) is -3.27. The van der Waals surface area contributed by atoms with E-state index in [1.165, 1.54) is 0 Å². The van der Waals surface area contributed by atoms with Crippen molar-refractivity contribution in [3.05, 3.63) is 36.7 Å². The fourth-order valence-corrected chi connectivity index (χ4v) is 2.34. The van der Waals surface area contributed by atoms with Crippen LogP contribution < -0.4 is 4.72 Å². The summed E-state index contributed by atoms with van der Waals surface area (Å²) < 4.78 is 24.7. The van der Waals surface area contributed by atoms with Crippen LogP contribution in [0.1, 0.15) is 0 Å². The highest BCUT2D eigenvalue weighted by atomic mass is 32.2. The van der Waals surface area contributed by atoms with E-state index in [-0.39, 0.29) is 0 Å². The topological polar surface area (TPSA) is 101 Å². The first-order valence-corrected chi connectivity index (χ1v) is 7.65. The van der Waals surface area contributed by atoms with Gasteiger partial charge < -0.3 is 0 Å². The lowest BCUT2D eigenvalue weighted by Gasteiger charge is -2.04.